The van der Waals surface area contributed by atoms with Crippen LogP contribution in [-0.4, -0.2) is 5.91 Å². The van der Waals surface area contributed by atoms with Gasteiger partial charge in [0.1, 0.15) is 0 Å². The molecule has 0 saturated carbocycles. The van der Waals surface area contributed by atoms with Crippen LogP contribution in [0.2, 0.25) is 0 Å². The van der Waals surface area contributed by atoms with Crippen molar-refractivity contribution < 1.29 is 26.7 Å². The van der Waals surface area contributed by atoms with Crippen LogP contribution in [0, 0.1) is 11.6 Å². The van der Waals surface area contributed by atoms with Gasteiger partial charge in [-0.05, 0) is 29.8 Å². The maximum atomic E-state index is 13.3. The number of alkyl halides is 3. The van der Waals surface area contributed by atoms with E-state index in [4.69, 9.17) is 0 Å². The lowest BCUT2D eigenvalue weighted by atomic mass is 10.0. The lowest BCUT2D eigenvalue weighted by Gasteiger charge is -2.06. The van der Waals surface area contributed by atoms with Crippen LogP contribution in [0.1, 0.15) is 16.7 Å². The lowest BCUT2D eigenvalue weighted by Crippen LogP contribution is -2.04. The van der Waals surface area contributed by atoms with E-state index in [1.54, 1.807) is 0 Å². The summed E-state index contributed by atoms with van der Waals surface area (Å²) in [6, 6.07) is 5.88. The maximum Gasteiger partial charge on any atom is 0.416 e. The average Bonchev–Trinajstić information content (AvgIpc) is 2.75. The Hall–Kier alpha value is -2.70. The molecular weight excluding hydrogens is 317 g/mol. The fourth-order valence-corrected chi connectivity index (χ4v) is 2.26. The van der Waals surface area contributed by atoms with Gasteiger partial charge in [0.2, 0.25) is 0 Å². The second kappa shape index (κ2) is 5.19. The Morgan fingerprint density at radius 3 is 2.17 bits per heavy atom. The highest BCUT2D eigenvalue weighted by Crippen LogP contribution is 2.35. The average molecular weight is 325 g/mol. The Morgan fingerprint density at radius 2 is 1.57 bits per heavy atom. The number of hydrogen-bond donors (Lipinski definition) is 1. The zero-order valence-corrected chi connectivity index (χ0v) is 11.3. The highest BCUT2D eigenvalue weighted by atomic mass is 19.4. The maximum absolute atomic E-state index is 13.3. The number of anilines is 1. The molecule has 7 heteroatoms. The van der Waals surface area contributed by atoms with Crippen LogP contribution in [0.5, 0.6) is 0 Å². The largest absolute Gasteiger partial charge is 0.416 e. The summed E-state index contributed by atoms with van der Waals surface area (Å²) < 4.78 is 64.0. The summed E-state index contributed by atoms with van der Waals surface area (Å²) in [4.78, 5) is 11.9. The molecule has 0 saturated heterocycles. The van der Waals surface area contributed by atoms with Crippen molar-refractivity contribution in [2.45, 2.75) is 6.18 Å². The smallest absolute Gasteiger partial charge is 0.321 e. The van der Waals surface area contributed by atoms with Gasteiger partial charge in [-0.3, -0.25) is 4.79 Å². The van der Waals surface area contributed by atoms with Gasteiger partial charge in [-0.1, -0.05) is 12.1 Å². The van der Waals surface area contributed by atoms with Crippen LogP contribution in [0.3, 0.4) is 0 Å². The van der Waals surface area contributed by atoms with Gasteiger partial charge in [0, 0.05) is 17.2 Å². The number of hydrogen-bond acceptors (Lipinski definition) is 1. The monoisotopic (exact) mass is 325 g/mol. The molecule has 2 aromatic rings. The highest BCUT2D eigenvalue weighted by Gasteiger charge is 2.30. The molecule has 0 aromatic heterocycles. The van der Waals surface area contributed by atoms with Crippen molar-refractivity contribution in [1.29, 1.82) is 0 Å². The third kappa shape index (κ3) is 2.81. The molecule has 0 bridgehead atoms. The molecule has 0 atom stereocenters. The van der Waals surface area contributed by atoms with Crippen LogP contribution in [-0.2, 0) is 11.0 Å². The van der Waals surface area contributed by atoms with Crippen LogP contribution in [0.25, 0.3) is 11.6 Å². The van der Waals surface area contributed by atoms with Gasteiger partial charge >= 0.3 is 6.18 Å². The summed E-state index contributed by atoms with van der Waals surface area (Å²) in [7, 11) is 0. The minimum atomic E-state index is -4.45. The summed E-state index contributed by atoms with van der Waals surface area (Å²) in [5.41, 5.74) is -0.149. The Bertz CT molecular complexity index is 822. The summed E-state index contributed by atoms with van der Waals surface area (Å²) in [6.07, 6.45) is -3.14. The summed E-state index contributed by atoms with van der Waals surface area (Å²) in [6.45, 7) is 0. The molecule has 0 fully saturated rings. The molecule has 2 nitrogen and oxygen atoms in total. The van der Waals surface area contributed by atoms with Crippen molar-refractivity contribution in [2.24, 2.45) is 0 Å². The molecule has 0 unspecified atom stereocenters. The van der Waals surface area contributed by atoms with E-state index in [-0.39, 0.29) is 16.8 Å². The number of amides is 1. The number of halogens is 5. The number of carbonyl (C=O) groups excluding carboxylic acids is 1. The molecule has 2 aromatic carbocycles. The molecule has 1 aliphatic heterocycles. The third-order valence-corrected chi connectivity index (χ3v) is 3.39. The van der Waals surface area contributed by atoms with Gasteiger partial charge in [-0.2, -0.15) is 13.2 Å². The normalized spacial score (nSPS) is 15.7. The number of fused-ring (bicyclic) bond motifs is 1. The first-order valence-corrected chi connectivity index (χ1v) is 6.45. The van der Waals surface area contributed by atoms with Crippen LogP contribution < -0.4 is 5.32 Å². The minimum Gasteiger partial charge on any atom is -0.321 e. The Balaban J connectivity index is 2.01. The molecule has 3 rings (SSSR count). The molecule has 23 heavy (non-hydrogen) atoms. The molecule has 1 amide bonds. The zero-order valence-electron chi connectivity index (χ0n) is 11.3. The zero-order chi connectivity index (χ0) is 16.8. The first kappa shape index (κ1) is 15.2. The van der Waals surface area contributed by atoms with Crippen molar-refractivity contribution in [1.82, 2.24) is 0 Å². The Morgan fingerprint density at radius 1 is 0.957 bits per heavy atom. The van der Waals surface area contributed by atoms with Crippen LogP contribution in [0.4, 0.5) is 27.6 Å². The van der Waals surface area contributed by atoms with Crippen LogP contribution in [0.15, 0.2) is 36.4 Å². The van der Waals surface area contributed by atoms with Gasteiger partial charge in [-0.15, -0.1) is 0 Å². The van der Waals surface area contributed by atoms with Crippen molar-refractivity contribution in [3.8, 4) is 0 Å². The summed E-state index contributed by atoms with van der Waals surface area (Å²) in [5, 5.41) is 2.38. The molecule has 0 spiro atoms. The van der Waals surface area contributed by atoms with E-state index >= 15 is 0 Å². The number of rotatable bonds is 1. The molecule has 1 N–H and O–H groups in total. The molecule has 118 valence electrons. The van der Waals surface area contributed by atoms with Gasteiger partial charge in [0.05, 0.1) is 11.3 Å². The number of carbonyl (C=O) groups is 1. The molecule has 0 aliphatic carbocycles. The topological polar surface area (TPSA) is 29.1 Å². The predicted octanol–water partition coefficient (Wildman–Crippen LogP) is 4.48. The Labute approximate surface area is 127 Å². The Kier molecular flexibility index (Phi) is 3.43. The van der Waals surface area contributed by atoms with E-state index < -0.39 is 29.3 Å². The van der Waals surface area contributed by atoms with Crippen molar-refractivity contribution in [3.05, 3.63) is 64.7 Å². The standard InChI is InChI=1S/C16H8F5NO/c17-12-6-10-11(15(23)22-14(10)7-13(12)18)5-8-1-3-9(4-2-8)16(19,20)21/h1-7H,(H,22,23). The molecule has 0 radical (unpaired) electrons. The molecule has 1 aliphatic rings. The molecule has 1 heterocycles. The van der Waals surface area contributed by atoms with Crippen molar-refractivity contribution in [3.63, 3.8) is 0 Å². The molecular formula is C16H8F5NO. The number of nitrogens with one attached hydrogen (secondary N) is 1. The van der Waals surface area contributed by atoms with E-state index in [1.807, 2.05) is 0 Å². The van der Waals surface area contributed by atoms with E-state index in [0.29, 0.717) is 5.56 Å². The quantitative estimate of drug-likeness (QED) is 0.608. The second-order valence-corrected chi connectivity index (χ2v) is 4.94. The SMILES string of the molecule is O=C1Nc2cc(F)c(F)cc2C1=Cc1ccc(C(F)(F)F)cc1. The summed E-state index contributed by atoms with van der Waals surface area (Å²) in [5.74, 6) is -2.79. The minimum absolute atomic E-state index is 0.0543. The van der Waals surface area contributed by atoms with E-state index in [1.165, 1.54) is 18.2 Å². The first-order valence-electron chi connectivity index (χ1n) is 6.45. The first-order chi connectivity index (χ1) is 10.8. The van der Waals surface area contributed by atoms with Gasteiger partial charge < -0.3 is 5.32 Å². The third-order valence-electron chi connectivity index (χ3n) is 3.39. The van der Waals surface area contributed by atoms with Crippen molar-refractivity contribution >= 4 is 23.2 Å². The van der Waals surface area contributed by atoms with Crippen LogP contribution >= 0.6 is 0 Å². The van der Waals surface area contributed by atoms with Crippen molar-refractivity contribution in [2.75, 3.05) is 5.32 Å². The van der Waals surface area contributed by atoms with Gasteiger partial charge in [-0.25, -0.2) is 8.78 Å². The van der Waals surface area contributed by atoms with E-state index in [0.717, 1.165) is 24.3 Å². The summed E-state index contributed by atoms with van der Waals surface area (Å²) >= 11 is 0. The van der Waals surface area contributed by atoms with E-state index in [2.05, 4.69) is 5.32 Å². The predicted molar refractivity (Wildman–Crippen MR) is 74.3 cm³/mol. The van der Waals surface area contributed by atoms with E-state index in [9.17, 15) is 26.7 Å². The lowest BCUT2D eigenvalue weighted by molar-refractivity contribution is -0.137. The fraction of sp³-hybridized carbons (Fsp3) is 0.0625. The highest BCUT2D eigenvalue weighted by molar-refractivity contribution is 6.34. The van der Waals surface area contributed by atoms with Gasteiger partial charge in [0.15, 0.2) is 11.6 Å². The fourth-order valence-electron chi connectivity index (χ4n) is 2.26. The van der Waals surface area contributed by atoms with Gasteiger partial charge in [0.25, 0.3) is 5.91 Å². The number of benzene rings is 2. The second-order valence-electron chi connectivity index (χ2n) is 4.94.